The quantitative estimate of drug-likeness (QED) is 0.0728. The number of nitrogens with zero attached hydrogens (tertiary/aromatic N) is 8. The predicted octanol–water partition coefficient (Wildman–Crippen LogP) is -0.940. The van der Waals surface area contributed by atoms with Gasteiger partial charge in [0.1, 0.15) is 67.2 Å². The number of likely N-dealkylation sites (tertiary alicyclic amines) is 2. The second-order valence-corrected chi connectivity index (χ2v) is 20.5. The largest absolute Gasteiger partial charge is 0.543 e. The summed E-state index contributed by atoms with van der Waals surface area (Å²) in [5.41, 5.74) is 7.01. The molecule has 21 nitrogen and oxygen atoms in total. The number of nitrogens with one attached hydrogen (secondary N) is 3. The molecule has 0 aromatic carbocycles. The number of quaternary nitrogens is 2. The lowest BCUT2D eigenvalue weighted by Crippen LogP contribution is -2.71. The number of carbonyl (C=O) groups is 6. The van der Waals surface area contributed by atoms with E-state index in [1.807, 2.05) is 0 Å². The minimum absolute atomic E-state index is 0.0365. The number of anilines is 2. The molecule has 0 aliphatic carbocycles. The monoisotopic (exact) mass is 943 g/mol. The molecule has 0 unspecified atom stereocenters. The SMILES string of the molecule is CO/N=C(\C(=O)N[C@@H]1C(=O)N2C(C(=O)[O-])=C(C[N+]3(C)CCCC3)CS[C@H]12)c1csc(NC(=O)C2=C(C[N+]3(C)CCCC3)CS[C@@H]3[C@H](NC(=O)/C(=N\OC)c4csc(N)n4)C(=O)N23)n1. The zero-order valence-electron chi connectivity index (χ0n) is 34.9. The minimum atomic E-state index is -1.43. The average Bonchev–Trinajstić information content (AvgIpc) is 4.09. The molecule has 0 bridgehead atoms. The summed E-state index contributed by atoms with van der Waals surface area (Å²) >= 11 is 4.94. The van der Waals surface area contributed by atoms with Crippen molar-refractivity contribution in [2.24, 2.45) is 10.3 Å². The van der Waals surface area contributed by atoms with E-state index in [-0.39, 0.29) is 44.5 Å². The number of aliphatic carboxylic acids is 1. The van der Waals surface area contributed by atoms with Crippen LogP contribution < -0.4 is 26.8 Å². The standard InChI is InChI=1S/C38H46N12O9S4/c1-49(9-5-6-10-49)13-19-15-60-34-25(42-29(51)23(45-58-3)21-17-62-37(39)40-21)32(54)47(34)27(19)31(53)44-38-41-22(18-63-38)24(46-59-4)30(52)43-26-33(55)48-28(36(56)57)20(16-61-35(26)48)14-50(2)11-7-8-12-50/h17-18,25-26,34-35H,5-16H2,1-4H3,(H4-2,39,40,41,42,43,44,51,52,53,56,57)/p+1/b45-23-,46-24-/t25-,26-,34-,35-/m1/s1. The number of hydrogen-bond donors (Lipinski definition) is 4. The molecule has 0 spiro atoms. The van der Waals surface area contributed by atoms with Crippen LogP contribution in [0.4, 0.5) is 10.3 Å². The zero-order chi connectivity index (χ0) is 44.8. The smallest absolute Gasteiger partial charge is 0.276 e. The number of nitrogens with two attached hydrogens (primary N) is 1. The van der Waals surface area contributed by atoms with E-state index in [1.165, 1.54) is 52.9 Å². The van der Waals surface area contributed by atoms with Gasteiger partial charge in [0.25, 0.3) is 29.5 Å². The Bertz CT molecular complexity index is 2370. The summed E-state index contributed by atoms with van der Waals surface area (Å²) in [7, 11) is 6.73. The van der Waals surface area contributed by atoms with Gasteiger partial charge in [-0.2, -0.15) is 0 Å². The first-order valence-electron chi connectivity index (χ1n) is 20.2. The van der Waals surface area contributed by atoms with Crippen molar-refractivity contribution in [1.82, 2.24) is 30.4 Å². The number of thioether (sulfide) groups is 2. The maximum atomic E-state index is 14.3. The molecule has 4 fully saturated rings. The lowest BCUT2D eigenvalue weighted by atomic mass is 10.0. The molecule has 336 valence electrons. The second kappa shape index (κ2) is 17.8. The Balaban J connectivity index is 0.970. The number of thiazole rings is 2. The van der Waals surface area contributed by atoms with Gasteiger partial charge in [0, 0.05) is 59.1 Å². The first-order chi connectivity index (χ1) is 30.1. The van der Waals surface area contributed by atoms with Crippen LogP contribution >= 0.6 is 46.2 Å². The van der Waals surface area contributed by atoms with E-state index in [1.54, 1.807) is 5.38 Å². The van der Waals surface area contributed by atoms with E-state index in [2.05, 4.69) is 50.3 Å². The number of hydrogen-bond acceptors (Lipinski definition) is 18. The third-order valence-corrected chi connectivity index (χ3v) is 16.2. The summed E-state index contributed by atoms with van der Waals surface area (Å²) < 4.78 is 1.39. The van der Waals surface area contributed by atoms with Crippen LogP contribution in [0.25, 0.3) is 0 Å². The Morgan fingerprint density at radius 2 is 1.24 bits per heavy atom. The number of nitrogen functional groups attached to an aromatic ring is 1. The Labute approximate surface area is 378 Å². The molecule has 2 aromatic heterocycles. The number of likely N-dealkylation sites (N-methyl/N-ethyl adjacent to an activating group) is 2. The van der Waals surface area contributed by atoms with Crippen molar-refractivity contribution in [2.45, 2.75) is 48.5 Å². The van der Waals surface area contributed by atoms with Crippen molar-refractivity contribution in [3.8, 4) is 0 Å². The van der Waals surface area contributed by atoms with Crippen LogP contribution in [0.2, 0.25) is 0 Å². The molecule has 0 radical (unpaired) electrons. The summed E-state index contributed by atoms with van der Waals surface area (Å²) in [6, 6.07) is -2.03. The molecule has 8 rings (SSSR count). The van der Waals surface area contributed by atoms with Crippen LogP contribution in [-0.2, 0) is 38.4 Å². The van der Waals surface area contributed by atoms with Gasteiger partial charge in [0.05, 0.1) is 51.9 Å². The molecular weight excluding hydrogens is 897 g/mol. The van der Waals surface area contributed by atoms with E-state index >= 15 is 0 Å². The number of amides is 5. The molecule has 4 atom stereocenters. The van der Waals surface area contributed by atoms with E-state index in [9.17, 15) is 33.9 Å². The molecule has 63 heavy (non-hydrogen) atoms. The Morgan fingerprint density at radius 3 is 1.70 bits per heavy atom. The highest BCUT2D eigenvalue weighted by atomic mass is 32.2. The third kappa shape index (κ3) is 8.65. The number of oxime groups is 2. The van der Waals surface area contributed by atoms with Gasteiger partial charge in [-0.3, -0.25) is 39.1 Å². The van der Waals surface area contributed by atoms with Crippen LogP contribution in [-0.4, -0.2) is 178 Å². The van der Waals surface area contributed by atoms with Crippen LogP contribution in [0.15, 0.2) is 43.6 Å². The molecule has 6 aliphatic rings. The summed E-state index contributed by atoms with van der Waals surface area (Å²) in [5.74, 6) is -3.81. The number of fused-ring (bicyclic) bond motifs is 2. The van der Waals surface area contributed by atoms with Crippen LogP contribution in [0.1, 0.15) is 37.1 Å². The molecule has 6 aliphatic heterocycles. The van der Waals surface area contributed by atoms with Gasteiger partial charge < -0.3 is 44.9 Å². The molecule has 4 saturated heterocycles. The maximum Gasteiger partial charge on any atom is 0.276 e. The molecule has 2 aromatic rings. The zero-order valence-corrected chi connectivity index (χ0v) is 38.2. The molecule has 5 N–H and O–H groups in total. The fraction of sp³-hybridized carbons (Fsp3) is 0.526. The van der Waals surface area contributed by atoms with Gasteiger partial charge in [-0.15, -0.1) is 46.2 Å². The van der Waals surface area contributed by atoms with Crippen molar-refractivity contribution in [3.63, 3.8) is 0 Å². The van der Waals surface area contributed by atoms with Gasteiger partial charge in [-0.25, -0.2) is 9.97 Å². The van der Waals surface area contributed by atoms with Crippen molar-refractivity contribution < 1.29 is 52.5 Å². The number of carbonyl (C=O) groups excluding carboxylic acids is 6. The average molecular weight is 944 g/mol. The van der Waals surface area contributed by atoms with Crippen LogP contribution in [0.5, 0.6) is 0 Å². The van der Waals surface area contributed by atoms with Crippen LogP contribution in [0, 0.1) is 0 Å². The highest BCUT2D eigenvalue weighted by Gasteiger charge is 2.56. The Morgan fingerprint density at radius 1 is 0.778 bits per heavy atom. The molecule has 0 saturated carbocycles. The first kappa shape index (κ1) is 44.5. The van der Waals surface area contributed by atoms with Gasteiger partial charge in [-0.05, 0) is 0 Å². The van der Waals surface area contributed by atoms with Gasteiger partial charge in [0.2, 0.25) is 0 Å². The Kier molecular flexibility index (Phi) is 12.6. The number of carboxylic acid groups (broad SMARTS) is 1. The highest BCUT2D eigenvalue weighted by molar-refractivity contribution is 8.00. The summed E-state index contributed by atoms with van der Waals surface area (Å²) in [6.07, 6.45) is 4.18. The van der Waals surface area contributed by atoms with E-state index < -0.39 is 58.3 Å². The minimum Gasteiger partial charge on any atom is -0.543 e. The fourth-order valence-corrected chi connectivity index (χ4v) is 13.0. The van der Waals surface area contributed by atoms with Crippen molar-refractivity contribution in [1.29, 1.82) is 0 Å². The lowest BCUT2D eigenvalue weighted by molar-refractivity contribution is -0.893. The topological polar surface area (TPSA) is 263 Å². The van der Waals surface area contributed by atoms with Gasteiger partial charge in [-0.1, -0.05) is 10.3 Å². The summed E-state index contributed by atoms with van der Waals surface area (Å²) in [6.45, 7) is 4.70. The molecule has 5 amide bonds. The first-order valence-corrected chi connectivity index (χ1v) is 24.0. The summed E-state index contributed by atoms with van der Waals surface area (Å²) in [4.78, 5) is 102. The number of β-lactam (4-membered cyclic amide) rings is 2. The van der Waals surface area contributed by atoms with E-state index in [0.717, 1.165) is 80.1 Å². The van der Waals surface area contributed by atoms with Gasteiger partial charge >= 0.3 is 0 Å². The lowest BCUT2D eigenvalue weighted by Gasteiger charge is -2.51. The maximum absolute atomic E-state index is 14.3. The predicted molar refractivity (Wildman–Crippen MR) is 234 cm³/mol. The number of rotatable bonds is 15. The molecular formula is C38H47N12O9S4+. The normalized spacial score (nSPS) is 25.2. The molecule has 25 heteroatoms. The van der Waals surface area contributed by atoms with Crippen molar-refractivity contribution in [2.75, 3.05) is 90.1 Å². The number of aromatic nitrogens is 2. The van der Waals surface area contributed by atoms with Gasteiger partial charge in [0.15, 0.2) is 21.7 Å². The van der Waals surface area contributed by atoms with E-state index in [4.69, 9.17) is 15.4 Å². The van der Waals surface area contributed by atoms with Crippen LogP contribution in [0.3, 0.4) is 0 Å². The second-order valence-electron chi connectivity index (χ2n) is 16.6. The Hall–Kier alpha value is -5.08. The van der Waals surface area contributed by atoms with E-state index in [0.29, 0.717) is 39.1 Å². The third-order valence-electron chi connectivity index (χ3n) is 12.0. The highest BCUT2D eigenvalue weighted by Crippen LogP contribution is 2.43. The number of carboxylic acids is 1. The fourth-order valence-electron chi connectivity index (χ4n) is 9.05. The molecule has 8 heterocycles. The summed E-state index contributed by atoms with van der Waals surface area (Å²) in [5, 5.41) is 30.4. The van der Waals surface area contributed by atoms with Crippen molar-refractivity contribution >= 4 is 103 Å². The van der Waals surface area contributed by atoms with Crippen molar-refractivity contribution in [3.05, 3.63) is 44.7 Å².